The Kier molecular flexibility index (Phi) is 7.18. The van der Waals surface area contributed by atoms with Crippen LogP contribution in [-0.4, -0.2) is 31.0 Å². The van der Waals surface area contributed by atoms with E-state index in [0.29, 0.717) is 10.5 Å². The fraction of sp³-hybridized carbons (Fsp3) is 0.478. The van der Waals surface area contributed by atoms with Crippen molar-refractivity contribution in [1.29, 1.82) is 0 Å². The van der Waals surface area contributed by atoms with Gasteiger partial charge in [-0.3, -0.25) is 0 Å². The summed E-state index contributed by atoms with van der Waals surface area (Å²) in [5.74, 6) is 3.14. The highest BCUT2D eigenvalue weighted by Crippen LogP contribution is 2.39. The summed E-state index contributed by atoms with van der Waals surface area (Å²) in [6, 6.07) is 22.0. The van der Waals surface area contributed by atoms with Gasteiger partial charge in [-0.2, -0.15) is 0 Å². The van der Waals surface area contributed by atoms with Crippen LogP contribution in [0.3, 0.4) is 0 Å². The molecule has 27 heavy (non-hydrogen) atoms. The maximum Gasteiger partial charge on any atom is 0.261 e. The zero-order valence-electron chi connectivity index (χ0n) is 17.0. The molecule has 146 valence electrons. The quantitative estimate of drug-likeness (QED) is 0.584. The highest BCUT2D eigenvalue weighted by molar-refractivity contribution is 8.17. The minimum absolute atomic E-state index is 0.0578. The molecule has 1 saturated heterocycles. The zero-order valence-corrected chi connectivity index (χ0v) is 19.6. The van der Waals surface area contributed by atoms with Crippen LogP contribution < -0.4 is 10.4 Å². The Morgan fingerprint density at radius 3 is 1.85 bits per heavy atom. The molecular formula is C23H32OS2Si. The Labute approximate surface area is 174 Å². The Hall–Kier alpha value is -0.683. The molecule has 1 aliphatic heterocycles. The lowest BCUT2D eigenvalue weighted by Crippen LogP contribution is -2.67. The SMILES string of the molecule is C[C@H](CO[Si](c1ccccc1)(c1ccccc1)C(C)(C)C)C1SCCCS1. The fourth-order valence-corrected chi connectivity index (χ4v) is 11.6. The number of hydrogen-bond acceptors (Lipinski definition) is 3. The molecule has 0 spiro atoms. The zero-order chi connectivity index (χ0) is 19.3. The predicted octanol–water partition coefficient (Wildman–Crippen LogP) is 5.40. The smallest absolute Gasteiger partial charge is 0.261 e. The molecule has 1 nitrogen and oxygen atoms in total. The summed E-state index contributed by atoms with van der Waals surface area (Å²) < 4.78 is 7.76. The first-order valence-corrected chi connectivity index (χ1v) is 13.9. The molecule has 2 aromatic carbocycles. The van der Waals surface area contributed by atoms with Gasteiger partial charge in [0.2, 0.25) is 0 Å². The minimum atomic E-state index is -2.39. The van der Waals surface area contributed by atoms with Gasteiger partial charge < -0.3 is 4.43 Å². The van der Waals surface area contributed by atoms with E-state index in [1.54, 1.807) is 0 Å². The van der Waals surface area contributed by atoms with E-state index in [4.69, 9.17) is 4.43 Å². The van der Waals surface area contributed by atoms with Gasteiger partial charge in [-0.05, 0) is 39.3 Å². The van der Waals surface area contributed by atoms with Crippen molar-refractivity contribution in [2.75, 3.05) is 18.1 Å². The molecule has 1 aliphatic rings. The van der Waals surface area contributed by atoms with Crippen LogP contribution in [0.25, 0.3) is 0 Å². The third kappa shape index (κ3) is 4.67. The molecule has 0 bridgehead atoms. The van der Waals surface area contributed by atoms with Crippen LogP contribution >= 0.6 is 23.5 Å². The van der Waals surface area contributed by atoms with Gasteiger partial charge >= 0.3 is 0 Å². The summed E-state index contributed by atoms with van der Waals surface area (Å²) in [5, 5.41) is 2.81. The van der Waals surface area contributed by atoms with Crippen molar-refractivity contribution in [1.82, 2.24) is 0 Å². The molecular weight excluding hydrogens is 384 g/mol. The maximum atomic E-state index is 7.09. The van der Waals surface area contributed by atoms with Crippen LogP contribution in [0.1, 0.15) is 34.1 Å². The first kappa shape index (κ1) is 21.0. The number of hydrogen-bond donors (Lipinski definition) is 0. The largest absolute Gasteiger partial charge is 0.407 e. The monoisotopic (exact) mass is 416 g/mol. The molecule has 3 rings (SSSR count). The lowest BCUT2D eigenvalue weighted by Gasteiger charge is -2.44. The van der Waals surface area contributed by atoms with E-state index < -0.39 is 8.32 Å². The van der Waals surface area contributed by atoms with Crippen molar-refractivity contribution in [2.45, 2.75) is 43.7 Å². The summed E-state index contributed by atoms with van der Waals surface area (Å²) in [6.07, 6.45) is 1.34. The number of rotatable bonds is 6. The lowest BCUT2D eigenvalue weighted by atomic mass is 10.2. The van der Waals surface area contributed by atoms with Crippen molar-refractivity contribution < 1.29 is 4.43 Å². The van der Waals surface area contributed by atoms with Crippen molar-refractivity contribution >= 4 is 42.2 Å². The van der Waals surface area contributed by atoms with Crippen LogP contribution in [0.2, 0.25) is 5.04 Å². The molecule has 1 atom stereocenters. The van der Waals surface area contributed by atoms with E-state index in [1.165, 1.54) is 28.3 Å². The molecule has 0 saturated carbocycles. The van der Waals surface area contributed by atoms with Gasteiger partial charge in [0.1, 0.15) is 0 Å². The minimum Gasteiger partial charge on any atom is -0.407 e. The van der Waals surface area contributed by atoms with Crippen molar-refractivity contribution in [2.24, 2.45) is 5.92 Å². The van der Waals surface area contributed by atoms with Gasteiger partial charge in [-0.1, -0.05) is 88.4 Å². The number of benzene rings is 2. The summed E-state index contributed by atoms with van der Waals surface area (Å²) in [4.78, 5) is 0. The molecule has 0 radical (unpaired) electrons. The van der Waals surface area contributed by atoms with Gasteiger partial charge in [0, 0.05) is 6.61 Å². The molecule has 0 unspecified atom stereocenters. The fourth-order valence-electron chi connectivity index (χ4n) is 3.93. The van der Waals surface area contributed by atoms with Crippen LogP contribution in [0, 0.1) is 5.92 Å². The molecule has 1 fully saturated rings. The first-order valence-electron chi connectivity index (χ1n) is 9.93. The first-order chi connectivity index (χ1) is 12.9. The average molecular weight is 417 g/mol. The summed E-state index contributed by atoms with van der Waals surface area (Å²) in [5.41, 5.74) is 0. The molecule has 0 N–H and O–H groups in total. The van der Waals surface area contributed by atoms with Gasteiger partial charge in [0.05, 0.1) is 4.58 Å². The average Bonchev–Trinajstić information content (AvgIpc) is 2.69. The van der Waals surface area contributed by atoms with Crippen LogP contribution in [-0.2, 0) is 4.43 Å². The summed E-state index contributed by atoms with van der Waals surface area (Å²) in [7, 11) is -2.39. The lowest BCUT2D eigenvalue weighted by molar-refractivity contribution is 0.253. The Morgan fingerprint density at radius 2 is 1.41 bits per heavy atom. The Balaban J connectivity index is 1.96. The van der Waals surface area contributed by atoms with Gasteiger partial charge in [-0.15, -0.1) is 23.5 Å². The third-order valence-electron chi connectivity index (χ3n) is 5.30. The van der Waals surface area contributed by atoms with E-state index in [9.17, 15) is 0 Å². The van der Waals surface area contributed by atoms with Crippen LogP contribution in [0.5, 0.6) is 0 Å². The second kappa shape index (κ2) is 9.21. The molecule has 1 heterocycles. The van der Waals surface area contributed by atoms with Crippen LogP contribution in [0.4, 0.5) is 0 Å². The third-order valence-corrected chi connectivity index (χ3v) is 13.8. The Bertz CT molecular complexity index is 654. The van der Waals surface area contributed by atoms with Crippen LogP contribution in [0.15, 0.2) is 60.7 Å². The van der Waals surface area contributed by atoms with Gasteiger partial charge in [0.25, 0.3) is 8.32 Å². The normalized spacial score (nSPS) is 17.6. The maximum absolute atomic E-state index is 7.09. The van der Waals surface area contributed by atoms with E-state index in [-0.39, 0.29) is 5.04 Å². The summed E-state index contributed by atoms with van der Waals surface area (Å²) >= 11 is 4.24. The second-order valence-electron chi connectivity index (χ2n) is 8.42. The second-order valence-corrected chi connectivity index (χ2v) is 15.5. The van der Waals surface area contributed by atoms with Gasteiger partial charge in [-0.25, -0.2) is 0 Å². The molecule has 0 amide bonds. The Morgan fingerprint density at radius 1 is 0.926 bits per heavy atom. The standard InChI is InChI=1S/C23H32OS2Si/c1-19(22-25-16-11-17-26-22)18-24-27(23(2,3)4,20-12-7-5-8-13-20)21-14-9-6-10-15-21/h5-10,12-15,19,22H,11,16-18H2,1-4H3/t19-/m1/s1. The molecule has 4 heteroatoms. The highest BCUT2D eigenvalue weighted by Gasteiger charge is 2.50. The molecule has 2 aromatic rings. The van der Waals surface area contributed by atoms with Crippen molar-refractivity contribution in [3.63, 3.8) is 0 Å². The van der Waals surface area contributed by atoms with Crippen molar-refractivity contribution in [3.05, 3.63) is 60.7 Å². The highest BCUT2D eigenvalue weighted by atomic mass is 32.2. The summed E-state index contributed by atoms with van der Waals surface area (Å²) in [6.45, 7) is 10.3. The van der Waals surface area contributed by atoms with E-state index in [2.05, 4.69) is 112 Å². The predicted molar refractivity (Wildman–Crippen MR) is 126 cm³/mol. The number of thioether (sulfide) groups is 2. The topological polar surface area (TPSA) is 9.23 Å². The molecule has 0 aromatic heterocycles. The molecule has 0 aliphatic carbocycles. The van der Waals surface area contributed by atoms with Gasteiger partial charge in [0.15, 0.2) is 0 Å². The van der Waals surface area contributed by atoms with E-state index in [0.717, 1.165) is 6.61 Å². The van der Waals surface area contributed by atoms with Crippen molar-refractivity contribution in [3.8, 4) is 0 Å². The van der Waals surface area contributed by atoms with E-state index in [1.807, 2.05) is 0 Å². The van der Waals surface area contributed by atoms with E-state index >= 15 is 0 Å².